The first kappa shape index (κ1) is 18.9. The van der Waals surface area contributed by atoms with Gasteiger partial charge < -0.3 is 14.4 Å². The van der Waals surface area contributed by atoms with E-state index in [0.29, 0.717) is 0 Å². The second kappa shape index (κ2) is 9.73. The molecule has 1 fully saturated rings. The van der Waals surface area contributed by atoms with Crippen LogP contribution in [0.15, 0.2) is 24.3 Å². The molecular formula is C21H33NO2. The molecule has 134 valence electrons. The number of rotatable bonds is 8. The molecule has 24 heavy (non-hydrogen) atoms. The van der Waals surface area contributed by atoms with E-state index in [9.17, 15) is 0 Å². The molecule has 1 saturated heterocycles. The molecule has 0 bridgehead atoms. The molecule has 1 aliphatic heterocycles. The average Bonchev–Trinajstić information content (AvgIpc) is 2.55. The van der Waals surface area contributed by atoms with Crippen LogP contribution >= 0.6 is 0 Å². The van der Waals surface area contributed by atoms with Crippen molar-refractivity contribution < 1.29 is 9.47 Å². The molecule has 2 rings (SSSR count). The van der Waals surface area contributed by atoms with E-state index in [1.807, 2.05) is 25.1 Å². The first-order valence-electron chi connectivity index (χ1n) is 9.28. The summed E-state index contributed by atoms with van der Waals surface area (Å²) in [6.45, 7) is 11.2. The minimum atomic E-state index is 0.748. The molecule has 0 aliphatic carbocycles. The smallest absolute Gasteiger partial charge is 0.161 e. The quantitative estimate of drug-likeness (QED) is 0.635. The summed E-state index contributed by atoms with van der Waals surface area (Å²) in [5, 5.41) is 0. The maximum absolute atomic E-state index is 5.93. The molecule has 2 atom stereocenters. The van der Waals surface area contributed by atoms with Gasteiger partial charge in [-0.2, -0.15) is 0 Å². The Morgan fingerprint density at radius 3 is 2.54 bits per heavy atom. The number of methoxy groups -OCH3 is 1. The molecule has 0 amide bonds. The molecule has 1 aliphatic rings. The topological polar surface area (TPSA) is 21.7 Å². The number of piperidine rings is 1. The van der Waals surface area contributed by atoms with Crippen LogP contribution in [-0.4, -0.2) is 38.3 Å². The lowest BCUT2D eigenvalue weighted by Crippen LogP contribution is -2.39. The molecule has 0 N–H and O–H groups in total. The third kappa shape index (κ3) is 5.86. The zero-order valence-electron chi connectivity index (χ0n) is 15.8. The van der Waals surface area contributed by atoms with Gasteiger partial charge in [-0.15, -0.1) is 0 Å². The summed E-state index contributed by atoms with van der Waals surface area (Å²) in [4.78, 5) is 2.62. The highest BCUT2D eigenvalue weighted by molar-refractivity contribution is 5.55. The van der Waals surface area contributed by atoms with Gasteiger partial charge in [-0.1, -0.05) is 32.1 Å². The molecular weight excluding hydrogens is 298 g/mol. The summed E-state index contributed by atoms with van der Waals surface area (Å²) >= 11 is 0. The van der Waals surface area contributed by atoms with E-state index in [4.69, 9.17) is 9.47 Å². The lowest BCUT2D eigenvalue weighted by molar-refractivity contribution is 0.136. The standard InChI is InChI=1S/C21H33NO2/c1-5-8-19-9-10-20(21(14-19)23-4)24-12-7-6-11-22-15-17(2)13-18(3)16-22/h5,8-10,14,17-18H,6-7,11-13,15-16H2,1-4H3/b8-5+. The van der Waals surface area contributed by atoms with Crippen LogP contribution in [0.25, 0.3) is 6.08 Å². The van der Waals surface area contributed by atoms with Gasteiger partial charge in [0.25, 0.3) is 0 Å². The van der Waals surface area contributed by atoms with Crippen LogP contribution in [-0.2, 0) is 0 Å². The Kier molecular flexibility index (Phi) is 7.64. The van der Waals surface area contributed by atoms with Crippen molar-refractivity contribution in [2.24, 2.45) is 11.8 Å². The van der Waals surface area contributed by atoms with Crippen molar-refractivity contribution in [3.8, 4) is 11.5 Å². The maximum atomic E-state index is 5.93. The number of hydrogen-bond donors (Lipinski definition) is 0. The van der Waals surface area contributed by atoms with Crippen molar-refractivity contribution in [2.75, 3.05) is 33.4 Å². The molecule has 0 spiro atoms. The van der Waals surface area contributed by atoms with E-state index in [2.05, 4.69) is 30.9 Å². The Balaban J connectivity index is 1.72. The summed E-state index contributed by atoms with van der Waals surface area (Å²) < 4.78 is 11.4. The SMILES string of the molecule is C/C=C/c1ccc(OCCCCN2CC(C)CC(C)C2)c(OC)c1. The van der Waals surface area contributed by atoms with Gasteiger partial charge in [0.1, 0.15) is 0 Å². The number of benzene rings is 1. The summed E-state index contributed by atoms with van der Waals surface area (Å²) in [7, 11) is 1.69. The van der Waals surface area contributed by atoms with E-state index in [1.165, 1.54) is 32.5 Å². The number of allylic oxidation sites excluding steroid dienone is 1. The Bertz CT molecular complexity index is 517. The number of hydrogen-bond acceptors (Lipinski definition) is 3. The van der Waals surface area contributed by atoms with Gasteiger partial charge >= 0.3 is 0 Å². The minimum Gasteiger partial charge on any atom is -0.493 e. The Hall–Kier alpha value is -1.48. The van der Waals surface area contributed by atoms with Crippen molar-refractivity contribution in [3.05, 3.63) is 29.8 Å². The number of ether oxygens (including phenoxy) is 2. The fourth-order valence-electron chi connectivity index (χ4n) is 3.69. The van der Waals surface area contributed by atoms with E-state index in [-0.39, 0.29) is 0 Å². The molecule has 3 nitrogen and oxygen atoms in total. The van der Waals surface area contributed by atoms with Gasteiger partial charge in [0.15, 0.2) is 11.5 Å². The zero-order chi connectivity index (χ0) is 17.4. The molecule has 0 saturated carbocycles. The number of unbranched alkanes of at least 4 members (excludes halogenated alkanes) is 1. The van der Waals surface area contributed by atoms with Crippen LogP contribution in [0.3, 0.4) is 0 Å². The van der Waals surface area contributed by atoms with Gasteiger partial charge in [0.2, 0.25) is 0 Å². The first-order chi connectivity index (χ1) is 11.6. The van der Waals surface area contributed by atoms with Crippen molar-refractivity contribution in [1.29, 1.82) is 0 Å². The van der Waals surface area contributed by atoms with Crippen LogP contribution in [0.4, 0.5) is 0 Å². The minimum absolute atomic E-state index is 0.748. The Morgan fingerprint density at radius 1 is 1.12 bits per heavy atom. The third-order valence-electron chi connectivity index (χ3n) is 4.62. The predicted octanol–water partition coefficient (Wildman–Crippen LogP) is 4.87. The summed E-state index contributed by atoms with van der Waals surface area (Å²) in [5.74, 6) is 3.32. The lowest BCUT2D eigenvalue weighted by atomic mass is 9.92. The summed E-state index contributed by atoms with van der Waals surface area (Å²) in [6, 6.07) is 6.09. The highest BCUT2D eigenvalue weighted by Gasteiger charge is 2.20. The molecule has 1 aromatic carbocycles. The molecule has 0 radical (unpaired) electrons. The van der Waals surface area contributed by atoms with E-state index in [0.717, 1.165) is 41.9 Å². The monoisotopic (exact) mass is 331 g/mol. The highest BCUT2D eigenvalue weighted by atomic mass is 16.5. The first-order valence-corrected chi connectivity index (χ1v) is 9.28. The zero-order valence-corrected chi connectivity index (χ0v) is 15.8. The second-order valence-electron chi connectivity index (χ2n) is 7.17. The van der Waals surface area contributed by atoms with Crippen LogP contribution in [0.1, 0.15) is 45.6 Å². The maximum Gasteiger partial charge on any atom is 0.161 e. The van der Waals surface area contributed by atoms with Gasteiger partial charge in [-0.05, 0) is 62.3 Å². The summed E-state index contributed by atoms with van der Waals surface area (Å²) in [5.41, 5.74) is 1.13. The Labute approximate surface area is 147 Å². The highest BCUT2D eigenvalue weighted by Crippen LogP contribution is 2.28. The molecule has 0 aromatic heterocycles. The molecule has 1 aromatic rings. The molecule has 1 heterocycles. The van der Waals surface area contributed by atoms with E-state index in [1.54, 1.807) is 7.11 Å². The lowest BCUT2D eigenvalue weighted by Gasteiger charge is -2.34. The van der Waals surface area contributed by atoms with E-state index < -0.39 is 0 Å². The van der Waals surface area contributed by atoms with Crippen molar-refractivity contribution in [1.82, 2.24) is 4.90 Å². The van der Waals surface area contributed by atoms with Gasteiger partial charge in [-0.3, -0.25) is 0 Å². The average molecular weight is 332 g/mol. The van der Waals surface area contributed by atoms with Crippen LogP contribution < -0.4 is 9.47 Å². The number of likely N-dealkylation sites (tertiary alicyclic amines) is 1. The Morgan fingerprint density at radius 2 is 1.88 bits per heavy atom. The van der Waals surface area contributed by atoms with Crippen LogP contribution in [0.2, 0.25) is 0 Å². The van der Waals surface area contributed by atoms with Crippen molar-refractivity contribution >= 4 is 6.08 Å². The largest absolute Gasteiger partial charge is 0.493 e. The van der Waals surface area contributed by atoms with E-state index >= 15 is 0 Å². The fourth-order valence-corrected chi connectivity index (χ4v) is 3.69. The normalized spacial score (nSPS) is 22.0. The van der Waals surface area contributed by atoms with Gasteiger partial charge in [0, 0.05) is 13.1 Å². The second-order valence-corrected chi connectivity index (χ2v) is 7.17. The van der Waals surface area contributed by atoms with Crippen molar-refractivity contribution in [2.45, 2.75) is 40.0 Å². The van der Waals surface area contributed by atoms with Crippen molar-refractivity contribution in [3.63, 3.8) is 0 Å². The third-order valence-corrected chi connectivity index (χ3v) is 4.62. The van der Waals surface area contributed by atoms with Crippen LogP contribution in [0.5, 0.6) is 11.5 Å². The van der Waals surface area contributed by atoms with Crippen LogP contribution in [0, 0.1) is 11.8 Å². The molecule has 3 heteroatoms. The predicted molar refractivity (Wildman–Crippen MR) is 102 cm³/mol. The van der Waals surface area contributed by atoms with Gasteiger partial charge in [-0.25, -0.2) is 0 Å². The van der Waals surface area contributed by atoms with Gasteiger partial charge in [0.05, 0.1) is 13.7 Å². The fraction of sp³-hybridized carbons (Fsp3) is 0.619. The number of nitrogens with zero attached hydrogens (tertiary/aromatic N) is 1. The summed E-state index contributed by atoms with van der Waals surface area (Å²) in [6.07, 6.45) is 7.74. The molecule has 2 unspecified atom stereocenters.